The molecule has 0 saturated carbocycles. The molecular weight excluding hydrogens is 578 g/mol. The van der Waals surface area contributed by atoms with E-state index in [-0.39, 0.29) is 24.3 Å². The highest BCUT2D eigenvalue weighted by molar-refractivity contribution is 8.02. The van der Waals surface area contributed by atoms with Crippen molar-refractivity contribution in [1.29, 1.82) is 0 Å². The van der Waals surface area contributed by atoms with Crippen LogP contribution < -0.4 is 20.1 Å². The quantitative estimate of drug-likeness (QED) is 0.298. The van der Waals surface area contributed by atoms with Crippen molar-refractivity contribution in [2.24, 2.45) is 11.8 Å². The third-order valence-electron chi connectivity index (χ3n) is 9.23. The molecule has 2 unspecified atom stereocenters. The van der Waals surface area contributed by atoms with Crippen LogP contribution in [0, 0.1) is 11.8 Å². The van der Waals surface area contributed by atoms with Crippen molar-refractivity contribution < 1.29 is 29.0 Å². The summed E-state index contributed by atoms with van der Waals surface area (Å²) in [7, 11) is 1.57. The smallest absolute Gasteiger partial charge is 0.248 e. The number of carbonyl (C=O) groups is 3. The third kappa shape index (κ3) is 4.99. The second kappa shape index (κ2) is 11.8. The predicted octanol–water partition coefficient (Wildman–Crippen LogP) is 4.89. The SMILES string of the molecule is CCOc1ccc(NC(=O)[C@H]2[C@H]3C(=O)N([C@H](CO)c4ccccc4)C(C(=O)Nc4ccc(OC)cc4)C34CC[C@]2(C)S4)cc1. The molecule has 0 aromatic heterocycles. The van der Waals surface area contributed by atoms with Crippen LogP contribution in [-0.4, -0.2) is 63.6 Å². The van der Waals surface area contributed by atoms with Gasteiger partial charge in [0.1, 0.15) is 17.5 Å². The minimum Gasteiger partial charge on any atom is -0.497 e. The number of nitrogens with zero attached hydrogens (tertiary/aromatic N) is 1. The first-order valence-corrected chi connectivity index (χ1v) is 15.7. The molecular formula is C34H37N3O6S. The molecule has 3 N–H and O–H groups in total. The summed E-state index contributed by atoms with van der Waals surface area (Å²) in [4.78, 5) is 44.6. The Bertz CT molecular complexity index is 1530. The van der Waals surface area contributed by atoms with Gasteiger partial charge in [0.25, 0.3) is 0 Å². The molecule has 3 saturated heterocycles. The molecule has 2 bridgehead atoms. The molecule has 3 heterocycles. The lowest BCUT2D eigenvalue weighted by molar-refractivity contribution is -0.141. The molecule has 10 heteroatoms. The molecule has 1 spiro atoms. The molecule has 6 atom stereocenters. The van der Waals surface area contributed by atoms with E-state index in [0.717, 1.165) is 5.56 Å². The number of hydrogen-bond donors (Lipinski definition) is 3. The minimum absolute atomic E-state index is 0.250. The van der Waals surface area contributed by atoms with Gasteiger partial charge in [-0.1, -0.05) is 30.3 Å². The second-order valence-corrected chi connectivity index (χ2v) is 13.6. The summed E-state index contributed by atoms with van der Waals surface area (Å²) in [6.07, 6.45) is 1.28. The lowest BCUT2D eigenvalue weighted by Gasteiger charge is -2.37. The number of anilines is 2. The highest BCUT2D eigenvalue weighted by Gasteiger charge is 2.77. The van der Waals surface area contributed by atoms with E-state index in [1.54, 1.807) is 72.3 Å². The first kappa shape index (κ1) is 30.0. The molecule has 3 amide bonds. The molecule has 3 fully saturated rings. The highest BCUT2D eigenvalue weighted by Crippen LogP contribution is 2.72. The van der Waals surface area contributed by atoms with Crippen LogP contribution >= 0.6 is 11.8 Å². The van der Waals surface area contributed by atoms with Gasteiger partial charge in [0.2, 0.25) is 17.7 Å². The van der Waals surface area contributed by atoms with Gasteiger partial charge in [0.05, 0.1) is 42.9 Å². The first-order valence-electron chi connectivity index (χ1n) is 14.9. The predicted molar refractivity (Wildman–Crippen MR) is 170 cm³/mol. The number of ether oxygens (including phenoxy) is 2. The minimum atomic E-state index is -0.908. The lowest BCUT2D eigenvalue weighted by Crippen LogP contribution is -2.52. The van der Waals surface area contributed by atoms with Gasteiger partial charge in [-0.05, 0) is 80.8 Å². The number of methoxy groups -OCH3 is 1. The van der Waals surface area contributed by atoms with E-state index in [0.29, 0.717) is 42.3 Å². The molecule has 3 aromatic rings. The first-order chi connectivity index (χ1) is 21.2. The van der Waals surface area contributed by atoms with Crippen molar-refractivity contribution in [2.75, 3.05) is 31.0 Å². The standard InChI is InChI=1S/C34H37N3O6S/c1-4-43-25-16-12-22(13-17-25)35-30(39)27-28-32(41)37(26(20-38)21-8-6-5-7-9-21)29(34(28)19-18-33(27,2)44-34)31(40)36-23-10-14-24(42-3)15-11-23/h5-17,26-29,38H,4,18-20H2,1-3H3,(H,35,39)(H,36,40)/t26-,27-,28+,29?,33+,34?/m1/s1. The van der Waals surface area contributed by atoms with Gasteiger partial charge in [-0.3, -0.25) is 14.4 Å². The number of amides is 3. The maximum atomic E-state index is 14.6. The number of likely N-dealkylation sites (tertiary alicyclic amines) is 1. The van der Waals surface area contributed by atoms with Crippen LogP contribution in [-0.2, 0) is 14.4 Å². The Morgan fingerprint density at radius 3 is 2.16 bits per heavy atom. The second-order valence-electron chi connectivity index (χ2n) is 11.7. The zero-order chi connectivity index (χ0) is 31.1. The molecule has 3 aromatic carbocycles. The van der Waals surface area contributed by atoms with Crippen LogP contribution in [0.5, 0.6) is 11.5 Å². The normalized spacial score (nSPS) is 27.5. The third-order valence-corrected chi connectivity index (χ3v) is 11.2. The summed E-state index contributed by atoms with van der Waals surface area (Å²) in [5.41, 5.74) is 1.90. The number of thioether (sulfide) groups is 1. The number of aliphatic hydroxyl groups excluding tert-OH is 1. The maximum absolute atomic E-state index is 14.6. The lowest BCUT2D eigenvalue weighted by atomic mass is 9.66. The van der Waals surface area contributed by atoms with Crippen molar-refractivity contribution in [3.05, 3.63) is 84.4 Å². The van der Waals surface area contributed by atoms with Crippen LogP contribution in [0.1, 0.15) is 38.3 Å². The molecule has 0 aliphatic carbocycles. The van der Waals surface area contributed by atoms with E-state index in [1.807, 2.05) is 44.2 Å². The Morgan fingerprint density at radius 1 is 0.955 bits per heavy atom. The Morgan fingerprint density at radius 2 is 1.57 bits per heavy atom. The molecule has 9 nitrogen and oxygen atoms in total. The van der Waals surface area contributed by atoms with Gasteiger partial charge in [-0.25, -0.2) is 0 Å². The summed E-state index contributed by atoms with van der Waals surface area (Å²) in [6.45, 7) is 4.11. The maximum Gasteiger partial charge on any atom is 0.248 e. The van der Waals surface area contributed by atoms with Gasteiger partial charge in [-0.15, -0.1) is 11.8 Å². The molecule has 6 rings (SSSR count). The number of benzene rings is 3. The highest BCUT2D eigenvalue weighted by atomic mass is 32.2. The summed E-state index contributed by atoms with van der Waals surface area (Å²) in [5.74, 6) is -0.927. The fourth-order valence-corrected chi connectivity index (χ4v) is 9.68. The number of fused-ring (bicyclic) bond motifs is 1. The number of hydrogen-bond acceptors (Lipinski definition) is 7. The van der Waals surface area contributed by atoms with E-state index in [2.05, 4.69) is 10.6 Å². The Balaban J connectivity index is 1.37. The van der Waals surface area contributed by atoms with E-state index in [9.17, 15) is 19.5 Å². The van der Waals surface area contributed by atoms with Crippen LogP contribution in [0.15, 0.2) is 78.9 Å². The van der Waals surface area contributed by atoms with Crippen molar-refractivity contribution in [3.8, 4) is 11.5 Å². The Labute approximate surface area is 261 Å². The van der Waals surface area contributed by atoms with Gasteiger partial charge < -0.3 is 30.1 Å². The molecule has 0 radical (unpaired) electrons. The van der Waals surface area contributed by atoms with Crippen LogP contribution in [0.3, 0.4) is 0 Å². The fourth-order valence-electron chi connectivity index (χ4n) is 7.34. The van der Waals surface area contributed by atoms with E-state index < -0.39 is 33.4 Å². The molecule has 3 aliphatic rings. The largest absolute Gasteiger partial charge is 0.497 e. The zero-order valence-electron chi connectivity index (χ0n) is 25.0. The topological polar surface area (TPSA) is 117 Å². The fraction of sp³-hybridized carbons (Fsp3) is 0.382. The average Bonchev–Trinajstić information content (AvgIpc) is 3.60. The molecule has 44 heavy (non-hydrogen) atoms. The Kier molecular flexibility index (Phi) is 8.06. The Hall–Kier alpha value is -4.02. The summed E-state index contributed by atoms with van der Waals surface area (Å²) in [6, 6.07) is 21.8. The van der Waals surface area contributed by atoms with Gasteiger partial charge in [-0.2, -0.15) is 0 Å². The zero-order valence-corrected chi connectivity index (χ0v) is 25.8. The van der Waals surface area contributed by atoms with Gasteiger partial charge in [0.15, 0.2) is 0 Å². The number of aliphatic hydroxyl groups is 1. The van der Waals surface area contributed by atoms with Gasteiger partial charge >= 0.3 is 0 Å². The monoisotopic (exact) mass is 615 g/mol. The van der Waals surface area contributed by atoms with Crippen molar-refractivity contribution in [2.45, 2.75) is 48.3 Å². The molecule has 230 valence electrons. The van der Waals surface area contributed by atoms with Crippen molar-refractivity contribution >= 4 is 40.9 Å². The van der Waals surface area contributed by atoms with Crippen LogP contribution in [0.4, 0.5) is 11.4 Å². The average molecular weight is 616 g/mol. The number of rotatable bonds is 10. The van der Waals surface area contributed by atoms with Crippen molar-refractivity contribution in [3.63, 3.8) is 0 Å². The van der Waals surface area contributed by atoms with E-state index in [1.165, 1.54) is 0 Å². The van der Waals surface area contributed by atoms with E-state index >= 15 is 0 Å². The summed E-state index contributed by atoms with van der Waals surface area (Å²) in [5, 5.41) is 16.7. The number of carbonyl (C=O) groups excluding carboxylic acids is 3. The van der Waals surface area contributed by atoms with Crippen LogP contribution in [0.2, 0.25) is 0 Å². The number of nitrogens with one attached hydrogen (secondary N) is 2. The summed E-state index contributed by atoms with van der Waals surface area (Å²) < 4.78 is 9.41. The van der Waals surface area contributed by atoms with Gasteiger partial charge in [0, 0.05) is 16.1 Å². The van der Waals surface area contributed by atoms with E-state index in [4.69, 9.17) is 9.47 Å². The van der Waals surface area contributed by atoms with Crippen molar-refractivity contribution in [1.82, 2.24) is 4.90 Å². The summed E-state index contributed by atoms with van der Waals surface area (Å²) >= 11 is 1.59. The molecule has 3 aliphatic heterocycles. The van der Waals surface area contributed by atoms with Crippen LogP contribution in [0.25, 0.3) is 0 Å².